The summed E-state index contributed by atoms with van der Waals surface area (Å²) in [7, 11) is 2.17. The fraction of sp³-hybridized carbons (Fsp3) is 0.500. The van der Waals surface area contributed by atoms with E-state index in [0.717, 1.165) is 12.0 Å². The van der Waals surface area contributed by atoms with Crippen molar-refractivity contribution >= 4 is 29.2 Å². The fourth-order valence-corrected chi connectivity index (χ4v) is 3.09. The molecule has 21 heavy (non-hydrogen) atoms. The van der Waals surface area contributed by atoms with E-state index in [1.165, 1.54) is 16.8 Å². The van der Waals surface area contributed by atoms with E-state index < -0.39 is 0 Å². The standard InChI is InChI=1S/C16H24N4S/c1-10-6-14-13(7-12(10)9-18-19-15(17)21)11(2)8-16(3,4)20(14)5/h6-7,9,11H,8H2,1-5H3,(H3,17,19,21)/b18-9+. The van der Waals surface area contributed by atoms with Crippen molar-refractivity contribution in [3.05, 3.63) is 28.8 Å². The Hall–Kier alpha value is -1.62. The molecule has 0 bridgehead atoms. The first-order valence-electron chi connectivity index (χ1n) is 7.19. The smallest absolute Gasteiger partial charge is 0.184 e. The molecule has 0 fully saturated rings. The molecule has 5 heteroatoms. The van der Waals surface area contributed by atoms with Gasteiger partial charge in [-0.05, 0) is 74.2 Å². The zero-order chi connectivity index (χ0) is 15.8. The van der Waals surface area contributed by atoms with Crippen LogP contribution in [0.5, 0.6) is 0 Å². The molecule has 0 saturated carbocycles. The highest BCUT2D eigenvalue weighted by Gasteiger charge is 2.34. The van der Waals surface area contributed by atoms with Gasteiger partial charge < -0.3 is 10.6 Å². The van der Waals surface area contributed by atoms with E-state index in [-0.39, 0.29) is 10.7 Å². The van der Waals surface area contributed by atoms with Gasteiger partial charge in [-0.1, -0.05) is 6.92 Å². The summed E-state index contributed by atoms with van der Waals surface area (Å²) in [6.45, 7) is 8.98. The number of benzene rings is 1. The van der Waals surface area contributed by atoms with E-state index in [0.29, 0.717) is 5.92 Å². The summed E-state index contributed by atoms with van der Waals surface area (Å²) in [6.07, 6.45) is 2.92. The van der Waals surface area contributed by atoms with Crippen molar-refractivity contribution in [2.75, 3.05) is 11.9 Å². The molecule has 0 aliphatic carbocycles. The average molecular weight is 304 g/mol. The first-order valence-corrected chi connectivity index (χ1v) is 7.60. The monoisotopic (exact) mass is 304 g/mol. The van der Waals surface area contributed by atoms with E-state index >= 15 is 0 Å². The number of aryl methyl sites for hydroxylation is 1. The normalized spacial score (nSPS) is 20.4. The van der Waals surface area contributed by atoms with Crippen molar-refractivity contribution in [2.24, 2.45) is 10.8 Å². The van der Waals surface area contributed by atoms with Crippen LogP contribution >= 0.6 is 12.2 Å². The second kappa shape index (κ2) is 5.64. The Kier molecular flexibility index (Phi) is 4.23. The van der Waals surface area contributed by atoms with E-state index in [4.69, 9.17) is 18.0 Å². The summed E-state index contributed by atoms with van der Waals surface area (Å²) < 4.78 is 0. The SMILES string of the molecule is Cc1cc2c(cc1/C=N/NC(N)=S)C(C)CC(C)(C)N2C. The number of nitrogens with one attached hydrogen (secondary N) is 1. The van der Waals surface area contributed by atoms with Crippen LogP contribution in [0, 0.1) is 6.92 Å². The largest absolute Gasteiger partial charge is 0.375 e. The molecule has 114 valence electrons. The summed E-state index contributed by atoms with van der Waals surface area (Å²) in [6, 6.07) is 4.47. The van der Waals surface area contributed by atoms with Gasteiger partial charge in [-0.25, -0.2) is 0 Å². The van der Waals surface area contributed by atoms with Crippen LogP contribution < -0.4 is 16.1 Å². The quantitative estimate of drug-likeness (QED) is 0.501. The van der Waals surface area contributed by atoms with Gasteiger partial charge in [0.25, 0.3) is 0 Å². The maximum absolute atomic E-state index is 5.38. The van der Waals surface area contributed by atoms with Crippen molar-refractivity contribution in [3.8, 4) is 0 Å². The first kappa shape index (κ1) is 15.8. The van der Waals surface area contributed by atoms with Crippen molar-refractivity contribution in [1.82, 2.24) is 5.43 Å². The molecule has 1 heterocycles. The Balaban J connectivity index is 2.41. The Morgan fingerprint density at radius 3 is 2.81 bits per heavy atom. The number of thiocarbonyl (C=S) groups is 1. The highest BCUT2D eigenvalue weighted by Crippen LogP contribution is 2.43. The van der Waals surface area contributed by atoms with Crippen LogP contribution in [0.1, 0.15) is 49.8 Å². The van der Waals surface area contributed by atoms with Crippen LogP contribution in [-0.2, 0) is 0 Å². The second-order valence-electron chi connectivity index (χ2n) is 6.48. The molecule has 1 unspecified atom stereocenters. The first-order chi connectivity index (χ1) is 9.72. The molecule has 0 aromatic heterocycles. The maximum atomic E-state index is 5.38. The number of hydrogen-bond donors (Lipinski definition) is 2. The Labute approximate surface area is 132 Å². The van der Waals surface area contributed by atoms with Crippen molar-refractivity contribution in [3.63, 3.8) is 0 Å². The van der Waals surface area contributed by atoms with Gasteiger partial charge in [0.15, 0.2) is 5.11 Å². The summed E-state index contributed by atoms with van der Waals surface area (Å²) in [5, 5.41) is 4.25. The average Bonchev–Trinajstić information content (AvgIpc) is 2.36. The van der Waals surface area contributed by atoms with E-state index in [1.807, 2.05) is 0 Å². The maximum Gasteiger partial charge on any atom is 0.184 e. The third-order valence-corrected chi connectivity index (χ3v) is 4.49. The molecule has 0 spiro atoms. The number of hydrazone groups is 1. The number of fused-ring (bicyclic) bond motifs is 1. The van der Waals surface area contributed by atoms with Gasteiger partial charge in [0.2, 0.25) is 0 Å². The van der Waals surface area contributed by atoms with Crippen molar-refractivity contribution < 1.29 is 0 Å². The molecule has 4 nitrogen and oxygen atoms in total. The minimum absolute atomic E-state index is 0.178. The molecule has 2 rings (SSSR count). The van der Waals surface area contributed by atoms with Crippen LogP contribution in [0.4, 0.5) is 5.69 Å². The Morgan fingerprint density at radius 1 is 1.52 bits per heavy atom. The molecule has 1 aliphatic heterocycles. The molecular formula is C16H24N4S. The van der Waals surface area contributed by atoms with Crippen LogP contribution in [0.15, 0.2) is 17.2 Å². The van der Waals surface area contributed by atoms with E-state index in [1.54, 1.807) is 6.21 Å². The number of hydrogen-bond acceptors (Lipinski definition) is 3. The van der Waals surface area contributed by atoms with Crippen LogP contribution in [0.3, 0.4) is 0 Å². The second-order valence-corrected chi connectivity index (χ2v) is 6.92. The Bertz CT molecular complexity index is 592. The van der Waals surface area contributed by atoms with Gasteiger partial charge in [-0.2, -0.15) is 5.10 Å². The third kappa shape index (κ3) is 3.18. The summed E-state index contributed by atoms with van der Waals surface area (Å²) in [4.78, 5) is 2.38. The number of rotatable bonds is 2. The predicted molar refractivity (Wildman–Crippen MR) is 94.2 cm³/mol. The predicted octanol–water partition coefficient (Wildman–Crippen LogP) is 2.88. The molecular weight excluding hydrogens is 280 g/mol. The van der Waals surface area contributed by atoms with Gasteiger partial charge in [-0.15, -0.1) is 0 Å². The summed E-state index contributed by atoms with van der Waals surface area (Å²) in [5.74, 6) is 0.530. The third-order valence-electron chi connectivity index (χ3n) is 4.40. The zero-order valence-corrected chi connectivity index (χ0v) is 14.2. The topological polar surface area (TPSA) is 53.6 Å². The van der Waals surface area contributed by atoms with Crippen molar-refractivity contribution in [1.29, 1.82) is 0 Å². The van der Waals surface area contributed by atoms with Crippen LogP contribution in [0.2, 0.25) is 0 Å². The molecule has 3 N–H and O–H groups in total. The lowest BCUT2D eigenvalue weighted by Crippen LogP contribution is -2.45. The zero-order valence-electron chi connectivity index (χ0n) is 13.4. The lowest BCUT2D eigenvalue weighted by Gasteiger charge is -2.45. The van der Waals surface area contributed by atoms with E-state index in [9.17, 15) is 0 Å². The highest BCUT2D eigenvalue weighted by molar-refractivity contribution is 7.80. The number of nitrogens with two attached hydrogens (primary N) is 1. The minimum atomic E-state index is 0.178. The lowest BCUT2D eigenvalue weighted by molar-refractivity contribution is 0.395. The van der Waals surface area contributed by atoms with Gasteiger partial charge in [0.05, 0.1) is 6.21 Å². The van der Waals surface area contributed by atoms with Gasteiger partial charge in [0.1, 0.15) is 0 Å². The lowest BCUT2D eigenvalue weighted by atomic mass is 9.79. The van der Waals surface area contributed by atoms with Gasteiger partial charge in [0, 0.05) is 18.3 Å². The Morgan fingerprint density at radius 2 is 2.19 bits per heavy atom. The molecule has 1 aromatic rings. The fourth-order valence-electron chi connectivity index (χ4n) is 3.04. The van der Waals surface area contributed by atoms with Gasteiger partial charge in [-0.3, -0.25) is 5.43 Å². The number of nitrogens with zero attached hydrogens (tertiary/aromatic N) is 2. The molecule has 1 aliphatic rings. The summed E-state index contributed by atoms with van der Waals surface area (Å²) >= 11 is 4.75. The molecule has 0 saturated heterocycles. The summed E-state index contributed by atoms with van der Waals surface area (Å²) in [5.41, 5.74) is 13.1. The molecule has 1 aromatic carbocycles. The molecule has 1 atom stereocenters. The minimum Gasteiger partial charge on any atom is -0.375 e. The van der Waals surface area contributed by atoms with Crippen LogP contribution in [-0.4, -0.2) is 23.9 Å². The molecule has 0 radical (unpaired) electrons. The molecule has 0 amide bonds. The van der Waals surface area contributed by atoms with Gasteiger partial charge >= 0.3 is 0 Å². The van der Waals surface area contributed by atoms with E-state index in [2.05, 4.69) is 62.3 Å². The van der Waals surface area contributed by atoms with Crippen molar-refractivity contribution in [2.45, 2.75) is 45.6 Å². The highest BCUT2D eigenvalue weighted by atomic mass is 32.1. The number of anilines is 1. The van der Waals surface area contributed by atoms with Crippen LogP contribution in [0.25, 0.3) is 0 Å².